The van der Waals surface area contributed by atoms with Gasteiger partial charge in [-0.3, -0.25) is 0 Å². The molecule has 0 spiro atoms. The fourth-order valence-electron chi connectivity index (χ4n) is 2.10. The Balaban J connectivity index is 2.02. The molecule has 0 bridgehead atoms. The first-order chi connectivity index (χ1) is 11.5. The molecule has 24 heavy (non-hydrogen) atoms. The van der Waals surface area contributed by atoms with Gasteiger partial charge in [-0.05, 0) is 31.3 Å². The second-order valence-electron chi connectivity index (χ2n) is 5.15. The third kappa shape index (κ3) is 2.86. The summed E-state index contributed by atoms with van der Waals surface area (Å²) in [6.45, 7) is 1.99. The first kappa shape index (κ1) is 15.8. The van der Waals surface area contributed by atoms with E-state index >= 15 is 0 Å². The van der Waals surface area contributed by atoms with Gasteiger partial charge in [-0.15, -0.1) is 0 Å². The van der Waals surface area contributed by atoms with Crippen LogP contribution in [0, 0.1) is 11.7 Å². The zero-order chi connectivity index (χ0) is 17.3. The lowest BCUT2D eigenvalue weighted by Gasteiger charge is -2.04. The monoisotopic (exact) mass is 342 g/mol. The van der Waals surface area contributed by atoms with E-state index in [1.165, 1.54) is 23.0 Å². The van der Waals surface area contributed by atoms with Gasteiger partial charge in [0.25, 0.3) is 0 Å². The minimum atomic E-state index is -0.603. The van der Waals surface area contributed by atoms with Crippen LogP contribution in [0.15, 0.2) is 41.5 Å². The molecule has 7 nitrogen and oxygen atoms in total. The summed E-state index contributed by atoms with van der Waals surface area (Å²) < 4.78 is 1.69. The largest absolute Gasteiger partial charge is 0.504 e. The third-order valence-corrected chi connectivity index (χ3v) is 3.70. The maximum Gasteiger partial charge on any atom is 0.216 e. The number of H-pyrrole nitrogens is 1. The van der Waals surface area contributed by atoms with Crippen molar-refractivity contribution in [1.82, 2.24) is 14.9 Å². The van der Waals surface area contributed by atoms with Crippen molar-refractivity contribution < 1.29 is 15.3 Å². The van der Waals surface area contributed by atoms with Crippen molar-refractivity contribution in [1.29, 1.82) is 0 Å². The van der Waals surface area contributed by atoms with Gasteiger partial charge in [-0.1, -0.05) is 29.8 Å². The second kappa shape index (κ2) is 6.17. The van der Waals surface area contributed by atoms with Gasteiger partial charge in [0, 0.05) is 11.1 Å². The predicted octanol–water partition coefficient (Wildman–Crippen LogP) is 2.92. The number of benzene rings is 2. The maximum absolute atomic E-state index is 9.83. The molecule has 1 heterocycles. The summed E-state index contributed by atoms with van der Waals surface area (Å²) in [6.07, 6.45) is 1.32. The third-order valence-electron chi connectivity index (χ3n) is 3.43. The Bertz CT molecular complexity index is 974. The van der Waals surface area contributed by atoms with Crippen LogP contribution < -0.4 is 0 Å². The number of aromatic nitrogens is 3. The average Bonchev–Trinajstić information content (AvgIpc) is 2.94. The van der Waals surface area contributed by atoms with Crippen LogP contribution in [0.25, 0.3) is 11.4 Å². The lowest BCUT2D eigenvalue weighted by molar-refractivity contribution is 0.367. The van der Waals surface area contributed by atoms with E-state index in [2.05, 4.69) is 15.3 Å². The highest BCUT2D eigenvalue weighted by molar-refractivity contribution is 7.71. The van der Waals surface area contributed by atoms with Gasteiger partial charge in [0.15, 0.2) is 17.3 Å². The van der Waals surface area contributed by atoms with Crippen LogP contribution in [-0.2, 0) is 0 Å². The second-order valence-corrected chi connectivity index (χ2v) is 5.53. The van der Waals surface area contributed by atoms with Crippen LogP contribution in [-0.4, -0.2) is 36.4 Å². The Hall–Kier alpha value is -3.13. The van der Waals surface area contributed by atoms with Crippen LogP contribution in [0.2, 0.25) is 0 Å². The van der Waals surface area contributed by atoms with Gasteiger partial charge in [0.2, 0.25) is 10.5 Å². The standard InChI is InChI=1S/C16H14N4O3S/c1-9-2-4-10(5-3-9)15-18-19-16(24)20(15)17-8-11-6-7-12(21)14(23)13(11)22/h2-8,21-23H,1H3,(H,19,24)/b17-8-. The SMILES string of the molecule is Cc1ccc(-c2n[nH]c(=S)n2/N=C\c2ccc(O)c(O)c2O)cc1. The topological polar surface area (TPSA) is 107 Å². The summed E-state index contributed by atoms with van der Waals surface area (Å²) in [5.74, 6) is -0.970. The molecule has 0 fully saturated rings. The van der Waals surface area contributed by atoms with Gasteiger partial charge in [0.05, 0.1) is 6.21 Å². The fraction of sp³-hybridized carbons (Fsp3) is 0.0625. The first-order valence-corrected chi connectivity index (χ1v) is 7.41. The molecular weight excluding hydrogens is 328 g/mol. The number of phenolic OH excluding ortho intramolecular Hbond substituents is 3. The Morgan fingerprint density at radius 3 is 2.50 bits per heavy atom. The van der Waals surface area contributed by atoms with E-state index < -0.39 is 17.2 Å². The minimum absolute atomic E-state index is 0.225. The Morgan fingerprint density at radius 1 is 1.08 bits per heavy atom. The molecule has 0 saturated carbocycles. The average molecular weight is 342 g/mol. The molecule has 0 amide bonds. The van der Waals surface area contributed by atoms with E-state index in [0.717, 1.165) is 11.1 Å². The van der Waals surface area contributed by atoms with Crippen molar-refractivity contribution in [2.24, 2.45) is 5.10 Å². The molecule has 122 valence electrons. The molecule has 0 radical (unpaired) electrons. The molecule has 4 N–H and O–H groups in total. The van der Waals surface area contributed by atoms with E-state index in [1.54, 1.807) is 0 Å². The molecule has 0 atom stereocenters. The van der Waals surface area contributed by atoms with E-state index in [0.29, 0.717) is 5.82 Å². The van der Waals surface area contributed by atoms with Gasteiger partial charge >= 0.3 is 0 Å². The van der Waals surface area contributed by atoms with Crippen LogP contribution in [0.4, 0.5) is 0 Å². The summed E-state index contributed by atoms with van der Waals surface area (Å²) in [7, 11) is 0. The number of hydrogen-bond acceptors (Lipinski definition) is 6. The number of hydrogen-bond donors (Lipinski definition) is 4. The molecule has 0 saturated heterocycles. The molecule has 2 aromatic carbocycles. The lowest BCUT2D eigenvalue weighted by atomic mass is 10.1. The molecule has 3 aromatic rings. The summed E-state index contributed by atoms with van der Waals surface area (Å²) in [6, 6.07) is 10.4. The van der Waals surface area contributed by atoms with Crippen molar-refractivity contribution in [3.05, 3.63) is 52.3 Å². The number of rotatable bonds is 3. The smallest absolute Gasteiger partial charge is 0.216 e. The summed E-state index contributed by atoms with van der Waals surface area (Å²) in [4.78, 5) is 0. The number of nitrogens with zero attached hydrogens (tertiary/aromatic N) is 3. The van der Waals surface area contributed by atoms with E-state index in [4.69, 9.17) is 12.2 Å². The van der Waals surface area contributed by atoms with E-state index in [9.17, 15) is 15.3 Å². The zero-order valence-corrected chi connectivity index (χ0v) is 13.4. The molecule has 0 aliphatic carbocycles. The van der Waals surface area contributed by atoms with Gasteiger partial charge < -0.3 is 15.3 Å². The number of phenols is 3. The van der Waals surface area contributed by atoms with E-state index in [-0.39, 0.29) is 10.3 Å². The van der Waals surface area contributed by atoms with Crippen LogP contribution >= 0.6 is 12.2 Å². The Kier molecular flexibility index (Phi) is 4.05. The summed E-state index contributed by atoms with van der Waals surface area (Å²) in [5.41, 5.74) is 2.17. The first-order valence-electron chi connectivity index (χ1n) is 7.00. The van der Waals surface area contributed by atoms with Crippen molar-refractivity contribution in [3.63, 3.8) is 0 Å². The molecule has 1 aromatic heterocycles. The summed E-state index contributed by atoms with van der Waals surface area (Å²) >= 11 is 5.17. The number of aryl methyl sites for hydroxylation is 1. The van der Waals surface area contributed by atoms with Crippen molar-refractivity contribution >= 4 is 18.4 Å². The van der Waals surface area contributed by atoms with Crippen LogP contribution in [0.3, 0.4) is 0 Å². The zero-order valence-electron chi connectivity index (χ0n) is 12.6. The number of aromatic hydroxyl groups is 3. The van der Waals surface area contributed by atoms with Crippen molar-refractivity contribution in [2.45, 2.75) is 6.92 Å². The quantitative estimate of drug-likeness (QED) is 0.333. The summed E-state index contributed by atoms with van der Waals surface area (Å²) in [5, 5.41) is 39.8. The molecule has 0 aliphatic rings. The number of aromatic amines is 1. The molecule has 0 unspecified atom stereocenters. The van der Waals surface area contributed by atoms with Crippen LogP contribution in [0.1, 0.15) is 11.1 Å². The van der Waals surface area contributed by atoms with Crippen LogP contribution in [0.5, 0.6) is 17.2 Å². The van der Waals surface area contributed by atoms with Crippen molar-refractivity contribution in [3.8, 4) is 28.6 Å². The highest BCUT2D eigenvalue weighted by Crippen LogP contribution is 2.36. The number of nitrogens with one attached hydrogen (secondary N) is 1. The van der Waals surface area contributed by atoms with Gasteiger partial charge in [0.1, 0.15) is 0 Å². The minimum Gasteiger partial charge on any atom is -0.504 e. The predicted molar refractivity (Wildman–Crippen MR) is 92.0 cm³/mol. The fourth-order valence-corrected chi connectivity index (χ4v) is 2.28. The molecule has 8 heteroatoms. The normalized spacial score (nSPS) is 11.2. The van der Waals surface area contributed by atoms with Gasteiger partial charge in [-0.25, -0.2) is 5.10 Å². The Labute approximate surface area is 142 Å². The van der Waals surface area contributed by atoms with Crippen molar-refractivity contribution in [2.75, 3.05) is 0 Å². The van der Waals surface area contributed by atoms with Gasteiger partial charge in [-0.2, -0.15) is 14.9 Å². The lowest BCUT2D eigenvalue weighted by Crippen LogP contribution is -1.95. The molecule has 0 aliphatic heterocycles. The molecule has 3 rings (SSSR count). The highest BCUT2D eigenvalue weighted by atomic mass is 32.1. The molecular formula is C16H14N4O3S. The van der Waals surface area contributed by atoms with E-state index in [1.807, 2.05) is 31.2 Å². The highest BCUT2D eigenvalue weighted by Gasteiger charge is 2.11. The Morgan fingerprint density at radius 2 is 1.79 bits per heavy atom. The maximum atomic E-state index is 9.83.